The summed E-state index contributed by atoms with van der Waals surface area (Å²) in [6, 6.07) is 6.58. The fraction of sp³-hybridized carbons (Fsp3) is 0.400. The number of carbonyl (C=O) groups is 1. The zero-order chi connectivity index (χ0) is 14.1. The number of benzene rings is 1. The maximum absolute atomic E-state index is 13.4. The molecule has 0 radical (unpaired) electrons. The lowest BCUT2D eigenvalue weighted by molar-refractivity contribution is -0.205. The van der Waals surface area contributed by atoms with E-state index in [4.69, 9.17) is 0 Å². The van der Waals surface area contributed by atoms with Crippen molar-refractivity contribution in [3.05, 3.63) is 48.0 Å². The van der Waals surface area contributed by atoms with Crippen molar-refractivity contribution >= 4 is 5.78 Å². The second kappa shape index (κ2) is 4.83. The van der Waals surface area contributed by atoms with Crippen LogP contribution in [0.4, 0.5) is 13.2 Å². The minimum absolute atomic E-state index is 0.171. The fourth-order valence-electron chi connectivity index (χ4n) is 2.74. The van der Waals surface area contributed by atoms with Gasteiger partial charge in [0.05, 0.1) is 0 Å². The third-order valence-corrected chi connectivity index (χ3v) is 3.78. The van der Waals surface area contributed by atoms with Crippen LogP contribution in [0, 0.1) is 5.41 Å². The Labute approximate surface area is 110 Å². The average Bonchev–Trinajstić information content (AvgIpc) is 2.49. The van der Waals surface area contributed by atoms with Crippen LogP contribution in [0.5, 0.6) is 0 Å². The summed E-state index contributed by atoms with van der Waals surface area (Å²) < 4.78 is 40.3. The van der Waals surface area contributed by atoms with Gasteiger partial charge in [-0.3, -0.25) is 4.79 Å². The number of Topliss-reactive ketones (excluding diaryl/α,β-unsaturated/α-hetero) is 1. The third-order valence-electron chi connectivity index (χ3n) is 3.78. The Hall–Kier alpha value is -1.58. The van der Waals surface area contributed by atoms with Crippen LogP contribution in [0.2, 0.25) is 0 Å². The zero-order valence-electron chi connectivity index (χ0n) is 10.5. The molecule has 0 amide bonds. The predicted molar refractivity (Wildman–Crippen MR) is 67.0 cm³/mol. The molecule has 0 N–H and O–H groups in total. The molecule has 1 nitrogen and oxygen atoms in total. The van der Waals surface area contributed by atoms with E-state index >= 15 is 0 Å². The maximum atomic E-state index is 13.4. The van der Waals surface area contributed by atoms with Crippen molar-refractivity contribution < 1.29 is 18.0 Å². The van der Waals surface area contributed by atoms with Crippen molar-refractivity contribution in [3.8, 4) is 0 Å². The molecule has 102 valence electrons. The van der Waals surface area contributed by atoms with E-state index < -0.39 is 17.4 Å². The Balaban J connectivity index is 2.58. The van der Waals surface area contributed by atoms with Gasteiger partial charge in [0.2, 0.25) is 0 Å². The number of ketones is 1. The van der Waals surface area contributed by atoms with Gasteiger partial charge in [-0.05, 0) is 31.2 Å². The van der Waals surface area contributed by atoms with Crippen molar-refractivity contribution in [1.82, 2.24) is 0 Å². The Morgan fingerprint density at radius 1 is 1.32 bits per heavy atom. The lowest BCUT2D eigenvalue weighted by atomic mass is 9.74. The van der Waals surface area contributed by atoms with Gasteiger partial charge in [0.15, 0.2) is 5.78 Å². The Kier molecular flexibility index (Phi) is 3.52. The van der Waals surface area contributed by atoms with E-state index in [1.165, 1.54) is 12.1 Å². The first kappa shape index (κ1) is 13.8. The van der Waals surface area contributed by atoms with Crippen LogP contribution >= 0.6 is 0 Å². The molecule has 1 aromatic rings. The number of allylic oxidation sites excluding steroid dienone is 1. The summed E-state index contributed by atoms with van der Waals surface area (Å²) in [6.45, 7) is 3.38. The summed E-state index contributed by atoms with van der Waals surface area (Å²) in [6.07, 6.45) is -3.01. The average molecular weight is 268 g/mol. The van der Waals surface area contributed by atoms with E-state index in [1.807, 2.05) is 0 Å². The number of aryl methyl sites for hydroxylation is 1. The minimum Gasteiger partial charge on any atom is -0.293 e. The molecule has 0 aromatic heterocycles. The lowest BCUT2D eigenvalue weighted by Crippen LogP contribution is -2.44. The van der Waals surface area contributed by atoms with Crippen molar-refractivity contribution in [2.24, 2.45) is 5.41 Å². The highest BCUT2D eigenvalue weighted by molar-refractivity contribution is 6.02. The summed E-state index contributed by atoms with van der Waals surface area (Å²) in [7, 11) is 0. The minimum atomic E-state index is -4.55. The Morgan fingerprint density at radius 3 is 2.63 bits per heavy atom. The Bertz CT molecular complexity index is 504. The summed E-state index contributed by atoms with van der Waals surface area (Å²) in [4.78, 5) is 12.4. The van der Waals surface area contributed by atoms with Crippen molar-refractivity contribution in [1.29, 1.82) is 0 Å². The van der Waals surface area contributed by atoms with Gasteiger partial charge >= 0.3 is 6.18 Å². The van der Waals surface area contributed by atoms with E-state index in [0.717, 1.165) is 0 Å². The first-order chi connectivity index (χ1) is 8.92. The molecule has 0 fully saturated rings. The van der Waals surface area contributed by atoms with Crippen molar-refractivity contribution in [2.45, 2.75) is 31.9 Å². The quantitative estimate of drug-likeness (QED) is 0.576. The molecule has 2 rings (SSSR count). The molecule has 0 saturated carbocycles. The molecule has 4 heteroatoms. The van der Waals surface area contributed by atoms with E-state index in [9.17, 15) is 18.0 Å². The SMILES string of the molecule is C=CCC1(C(F)(F)F)CCCc2ccccc2C1=O. The number of carbonyl (C=O) groups excluding carboxylic acids is 1. The third kappa shape index (κ3) is 2.20. The van der Waals surface area contributed by atoms with Crippen LogP contribution in [0.3, 0.4) is 0 Å². The Morgan fingerprint density at radius 2 is 2.00 bits per heavy atom. The second-order valence-electron chi connectivity index (χ2n) is 4.91. The van der Waals surface area contributed by atoms with E-state index in [2.05, 4.69) is 6.58 Å². The van der Waals surface area contributed by atoms with E-state index in [-0.39, 0.29) is 18.4 Å². The fourth-order valence-corrected chi connectivity index (χ4v) is 2.74. The number of alkyl halides is 3. The van der Waals surface area contributed by atoms with Gasteiger partial charge in [0.1, 0.15) is 5.41 Å². The highest BCUT2D eigenvalue weighted by atomic mass is 19.4. The van der Waals surface area contributed by atoms with Crippen molar-refractivity contribution in [3.63, 3.8) is 0 Å². The molecule has 0 spiro atoms. The molecule has 0 heterocycles. The summed E-state index contributed by atoms with van der Waals surface area (Å²) in [5.41, 5.74) is -1.39. The molecule has 1 aliphatic carbocycles. The van der Waals surface area contributed by atoms with Crippen LogP contribution in [0.15, 0.2) is 36.9 Å². The topological polar surface area (TPSA) is 17.1 Å². The molecule has 1 aliphatic rings. The number of halogens is 3. The van der Waals surface area contributed by atoms with Crippen LogP contribution in [-0.2, 0) is 6.42 Å². The molecule has 0 aliphatic heterocycles. The molecule has 1 unspecified atom stereocenters. The van der Waals surface area contributed by atoms with Gasteiger partial charge in [-0.1, -0.05) is 30.3 Å². The highest BCUT2D eigenvalue weighted by Crippen LogP contribution is 2.49. The smallest absolute Gasteiger partial charge is 0.293 e. The van der Waals surface area contributed by atoms with Gasteiger partial charge in [0, 0.05) is 5.56 Å². The van der Waals surface area contributed by atoms with Gasteiger partial charge in [-0.15, -0.1) is 6.58 Å². The molecule has 1 aromatic carbocycles. The van der Waals surface area contributed by atoms with Gasteiger partial charge in [0.25, 0.3) is 0 Å². The van der Waals surface area contributed by atoms with Gasteiger partial charge in [-0.2, -0.15) is 13.2 Å². The molecular formula is C15H15F3O. The number of rotatable bonds is 2. The van der Waals surface area contributed by atoms with Gasteiger partial charge < -0.3 is 0 Å². The largest absolute Gasteiger partial charge is 0.401 e. The lowest BCUT2D eigenvalue weighted by Gasteiger charge is -2.32. The maximum Gasteiger partial charge on any atom is 0.401 e. The standard InChI is InChI=1S/C15H15F3O/c1-2-9-14(15(16,17)18)10-5-7-11-6-3-4-8-12(11)13(14)19/h2-4,6,8H,1,5,7,9-10H2. The normalized spacial score (nSPS) is 23.6. The van der Waals surface area contributed by atoms with Crippen molar-refractivity contribution in [2.75, 3.05) is 0 Å². The molecular weight excluding hydrogens is 253 g/mol. The molecule has 19 heavy (non-hydrogen) atoms. The zero-order valence-corrected chi connectivity index (χ0v) is 10.5. The summed E-state index contributed by atoms with van der Waals surface area (Å²) in [5.74, 6) is -0.812. The summed E-state index contributed by atoms with van der Waals surface area (Å²) >= 11 is 0. The second-order valence-corrected chi connectivity index (χ2v) is 4.91. The van der Waals surface area contributed by atoms with Crippen LogP contribution in [0.25, 0.3) is 0 Å². The van der Waals surface area contributed by atoms with Crippen LogP contribution in [0.1, 0.15) is 35.2 Å². The first-order valence-electron chi connectivity index (χ1n) is 6.23. The number of fused-ring (bicyclic) bond motifs is 1. The monoisotopic (exact) mass is 268 g/mol. The van der Waals surface area contributed by atoms with Crippen LogP contribution < -0.4 is 0 Å². The van der Waals surface area contributed by atoms with E-state index in [0.29, 0.717) is 18.4 Å². The molecule has 0 bridgehead atoms. The summed E-state index contributed by atoms with van der Waals surface area (Å²) in [5, 5.41) is 0. The molecule has 0 saturated heterocycles. The highest BCUT2D eigenvalue weighted by Gasteiger charge is 2.59. The predicted octanol–water partition coefficient (Wildman–Crippen LogP) is 4.33. The molecule has 1 atom stereocenters. The number of hydrogen-bond acceptors (Lipinski definition) is 1. The van der Waals surface area contributed by atoms with Gasteiger partial charge in [-0.25, -0.2) is 0 Å². The first-order valence-corrected chi connectivity index (χ1v) is 6.23. The van der Waals surface area contributed by atoms with Crippen LogP contribution in [-0.4, -0.2) is 12.0 Å². The van der Waals surface area contributed by atoms with E-state index in [1.54, 1.807) is 18.2 Å². The number of hydrogen-bond donors (Lipinski definition) is 0.